The summed E-state index contributed by atoms with van der Waals surface area (Å²) in [5, 5.41) is 0. The van der Waals surface area contributed by atoms with E-state index in [9.17, 15) is 9.59 Å². The van der Waals surface area contributed by atoms with Crippen LogP contribution in [0.15, 0.2) is 29.3 Å². The monoisotopic (exact) mass is 390 g/mol. The lowest BCUT2D eigenvalue weighted by molar-refractivity contribution is -0.146. The van der Waals surface area contributed by atoms with Crippen molar-refractivity contribution in [2.24, 2.45) is 10.9 Å². The van der Waals surface area contributed by atoms with Crippen molar-refractivity contribution >= 4 is 17.7 Å². The number of methoxy groups -OCH3 is 2. The molecule has 0 saturated carbocycles. The fourth-order valence-corrected chi connectivity index (χ4v) is 2.91. The molecule has 2 unspecified atom stereocenters. The second-order valence-electron chi connectivity index (χ2n) is 7.20. The van der Waals surface area contributed by atoms with Crippen molar-refractivity contribution in [1.82, 2.24) is 4.90 Å². The van der Waals surface area contributed by atoms with Gasteiger partial charge in [0.2, 0.25) is 0 Å². The van der Waals surface area contributed by atoms with Crippen LogP contribution in [0.25, 0.3) is 0 Å². The summed E-state index contributed by atoms with van der Waals surface area (Å²) in [5.74, 6) is 0.415. The van der Waals surface area contributed by atoms with Gasteiger partial charge in [0.05, 0.1) is 20.3 Å². The predicted octanol–water partition coefficient (Wildman–Crippen LogP) is 3.79. The minimum Gasteiger partial charge on any atom is -0.484 e. The maximum Gasteiger partial charge on any atom is 0.322 e. The maximum atomic E-state index is 12.3. The summed E-state index contributed by atoms with van der Waals surface area (Å²) < 4.78 is 10.1. The Morgan fingerprint density at radius 3 is 2.36 bits per heavy atom. The zero-order valence-electron chi connectivity index (χ0n) is 18.2. The first-order chi connectivity index (χ1) is 13.2. The van der Waals surface area contributed by atoms with Crippen LogP contribution in [-0.2, 0) is 25.6 Å². The highest BCUT2D eigenvalue weighted by Gasteiger charge is 2.22. The van der Waals surface area contributed by atoms with Crippen molar-refractivity contribution in [2.75, 3.05) is 20.8 Å². The molecule has 0 aliphatic heterocycles. The van der Waals surface area contributed by atoms with Gasteiger partial charge in [-0.2, -0.15) is 0 Å². The molecule has 0 aromatic heterocycles. The zero-order valence-corrected chi connectivity index (χ0v) is 18.2. The maximum absolute atomic E-state index is 12.3. The summed E-state index contributed by atoms with van der Waals surface area (Å²) >= 11 is 0. The highest BCUT2D eigenvalue weighted by atomic mass is 16.5. The molecule has 28 heavy (non-hydrogen) atoms. The molecule has 0 aliphatic rings. The number of Topliss-reactive ketones (excluding diaryl/α,β-unsaturated/α-hetero) is 1. The molecule has 6 heteroatoms. The molecule has 0 amide bonds. The normalized spacial score (nSPS) is 14.1. The number of aliphatic imine (C=N–C) groups is 1. The Labute approximate surface area is 168 Å². The van der Waals surface area contributed by atoms with Crippen molar-refractivity contribution in [3.8, 4) is 0 Å². The number of ether oxygens (including phenoxy) is 2. The summed E-state index contributed by atoms with van der Waals surface area (Å²) in [7, 11) is 2.98. The van der Waals surface area contributed by atoms with Crippen LogP contribution < -0.4 is 0 Å². The number of likely N-dealkylation sites (N-methyl/N-ethyl adjacent to an activating group) is 1. The molecule has 2 atom stereocenters. The largest absolute Gasteiger partial charge is 0.484 e. The first-order valence-electron chi connectivity index (χ1n) is 9.75. The molecule has 0 fully saturated rings. The molecule has 0 saturated heterocycles. The van der Waals surface area contributed by atoms with Gasteiger partial charge in [0.25, 0.3) is 0 Å². The van der Waals surface area contributed by atoms with E-state index in [0.29, 0.717) is 18.9 Å². The lowest BCUT2D eigenvalue weighted by Gasteiger charge is -2.26. The fourth-order valence-electron chi connectivity index (χ4n) is 2.91. The lowest BCUT2D eigenvalue weighted by Crippen LogP contribution is -2.39. The number of carbonyl (C=O) groups is 2. The van der Waals surface area contributed by atoms with Gasteiger partial charge in [-0.1, -0.05) is 45.0 Å². The highest BCUT2D eigenvalue weighted by molar-refractivity contribution is 5.82. The molecule has 1 aromatic carbocycles. The van der Waals surface area contributed by atoms with E-state index in [0.717, 1.165) is 17.7 Å². The van der Waals surface area contributed by atoms with Gasteiger partial charge in [-0.25, -0.2) is 4.99 Å². The minimum absolute atomic E-state index is 0.0415. The van der Waals surface area contributed by atoms with Crippen molar-refractivity contribution in [2.45, 2.75) is 59.7 Å². The Bertz CT molecular complexity index is 685. The molecule has 0 aliphatic carbocycles. The van der Waals surface area contributed by atoms with Crippen molar-refractivity contribution < 1.29 is 19.1 Å². The number of ketones is 1. The van der Waals surface area contributed by atoms with Crippen LogP contribution >= 0.6 is 0 Å². The molecular weight excluding hydrogens is 356 g/mol. The first kappa shape index (κ1) is 23.8. The summed E-state index contributed by atoms with van der Waals surface area (Å²) in [4.78, 5) is 30.9. The van der Waals surface area contributed by atoms with E-state index in [2.05, 4.69) is 11.1 Å². The van der Waals surface area contributed by atoms with E-state index in [1.54, 1.807) is 14.0 Å². The zero-order chi connectivity index (χ0) is 21.3. The molecule has 0 radical (unpaired) electrons. The number of esters is 1. The van der Waals surface area contributed by atoms with Gasteiger partial charge in [0.15, 0.2) is 5.90 Å². The third-order valence-electron chi connectivity index (χ3n) is 4.89. The van der Waals surface area contributed by atoms with Gasteiger partial charge < -0.3 is 9.47 Å². The van der Waals surface area contributed by atoms with E-state index in [-0.39, 0.29) is 29.8 Å². The van der Waals surface area contributed by atoms with Crippen molar-refractivity contribution in [3.05, 3.63) is 35.4 Å². The Morgan fingerprint density at radius 1 is 1.14 bits per heavy atom. The van der Waals surface area contributed by atoms with Crippen LogP contribution in [-0.4, -0.2) is 49.4 Å². The van der Waals surface area contributed by atoms with Crippen LogP contribution in [0, 0.1) is 5.92 Å². The highest BCUT2D eigenvalue weighted by Crippen LogP contribution is 2.25. The molecule has 156 valence electrons. The summed E-state index contributed by atoms with van der Waals surface area (Å²) in [6, 6.07) is 7.40. The second-order valence-corrected chi connectivity index (χ2v) is 7.20. The van der Waals surface area contributed by atoms with Gasteiger partial charge >= 0.3 is 5.97 Å². The van der Waals surface area contributed by atoms with Crippen LogP contribution in [0.1, 0.15) is 58.2 Å². The van der Waals surface area contributed by atoms with Crippen molar-refractivity contribution in [1.29, 1.82) is 0 Å². The molecule has 0 bridgehead atoms. The summed E-state index contributed by atoms with van der Waals surface area (Å²) in [5.41, 5.74) is 2.02. The Kier molecular flexibility index (Phi) is 9.87. The SMILES string of the molecule is CCN(Cc1cccc(C(CC(=O)C(C)C)N=C(C)OC)c1)C(C)C(=O)OC. The van der Waals surface area contributed by atoms with E-state index in [1.165, 1.54) is 7.11 Å². The number of benzene rings is 1. The average molecular weight is 391 g/mol. The Hall–Kier alpha value is -2.21. The van der Waals surface area contributed by atoms with Crippen molar-refractivity contribution in [3.63, 3.8) is 0 Å². The number of hydrogen-bond acceptors (Lipinski definition) is 6. The summed E-state index contributed by atoms with van der Waals surface area (Å²) in [6.45, 7) is 10.8. The molecule has 0 heterocycles. The molecule has 0 spiro atoms. The average Bonchev–Trinajstić information content (AvgIpc) is 2.70. The number of hydrogen-bond donors (Lipinski definition) is 0. The van der Waals surface area contributed by atoms with E-state index >= 15 is 0 Å². The van der Waals surface area contributed by atoms with Crippen LogP contribution in [0.3, 0.4) is 0 Å². The molecule has 1 aromatic rings. The Morgan fingerprint density at radius 2 is 1.82 bits per heavy atom. The van der Waals surface area contributed by atoms with Crippen LogP contribution in [0.2, 0.25) is 0 Å². The van der Waals surface area contributed by atoms with Gasteiger partial charge in [0.1, 0.15) is 11.8 Å². The van der Waals surface area contributed by atoms with Crippen LogP contribution in [0.4, 0.5) is 0 Å². The molecular formula is C22H34N2O4. The summed E-state index contributed by atoms with van der Waals surface area (Å²) in [6.07, 6.45) is 0.331. The van der Waals surface area contributed by atoms with Gasteiger partial charge in [-0.15, -0.1) is 0 Å². The van der Waals surface area contributed by atoms with Gasteiger partial charge in [-0.05, 0) is 24.6 Å². The predicted molar refractivity (Wildman–Crippen MR) is 111 cm³/mol. The molecule has 1 rings (SSSR count). The lowest BCUT2D eigenvalue weighted by atomic mass is 9.95. The minimum atomic E-state index is -0.328. The fraction of sp³-hybridized carbons (Fsp3) is 0.591. The van der Waals surface area contributed by atoms with E-state index in [1.807, 2.05) is 50.8 Å². The standard InChI is InChI=1S/C22H34N2O4/c1-8-24(16(4)22(26)28-7)14-18-10-9-11-19(12-18)20(23-17(5)27-6)13-21(25)15(2)3/h9-12,15-16,20H,8,13-14H2,1-7H3. The number of carbonyl (C=O) groups excluding carboxylic acids is 2. The second kappa shape index (κ2) is 11.6. The number of rotatable bonds is 10. The number of nitrogens with zero attached hydrogens (tertiary/aromatic N) is 2. The van der Waals surface area contributed by atoms with E-state index < -0.39 is 0 Å². The topological polar surface area (TPSA) is 68.2 Å². The first-order valence-corrected chi connectivity index (χ1v) is 9.75. The molecule has 0 N–H and O–H groups in total. The smallest absolute Gasteiger partial charge is 0.322 e. The molecule has 6 nitrogen and oxygen atoms in total. The third-order valence-corrected chi connectivity index (χ3v) is 4.89. The Balaban J connectivity index is 3.12. The van der Waals surface area contributed by atoms with Crippen LogP contribution in [0.5, 0.6) is 0 Å². The van der Waals surface area contributed by atoms with Gasteiger partial charge in [-0.3, -0.25) is 14.5 Å². The quantitative estimate of drug-likeness (QED) is 0.345. The van der Waals surface area contributed by atoms with E-state index in [4.69, 9.17) is 9.47 Å². The van der Waals surface area contributed by atoms with Gasteiger partial charge in [0, 0.05) is 25.8 Å². The third kappa shape index (κ3) is 7.08.